The number of carbonyl (C=O) groups is 1. The van der Waals surface area contributed by atoms with E-state index in [1.807, 2.05) is 19.9 Å². The summed E-state index contributed by atoms with van der Waals surface area (Å²) < 4.78 is 6.45. The van der Waals surface area contributed by atoms with Crippen molar-refractivity contribution in [3.8, 4) is 5.75 Å². The predicted octanol–water partition coefficient (Wildman–Crippen LogP) is 5.02. The number of hydrogen-bond acceptors (Lipinski definition) is 3. The van der Waals surface area contributed by atoms with Crippen molar-refractivity contribution in [3.05, 3.63) is 57.5 Å². The van der Waals surface area contributed by atoms with Gasteiger partial charge in [-0.15, -0.1) is 0 Å². The molecule has 2 aromatic carbocycles. The third-order valence-corrected chi connectivity index (χ3v) is 3.79. The Hall–Kier alpha value is -1.63. The highest BCUT2D eigenvalue weighted by atomic mass is 79.9. The number of hydrogen-bond donors (Lipinski definition) is 2. The smallest absolute Gasteiger partial charge is 0.261 e. The van der Waals surface area contributed by atoms with E-state index in [1.54, 1.807) is 36.4 Å². The quantitative estimate of drug-likeness (QED) is 0.673. The summed E-state index contributed by atoms with van der Waals surface area (Å²) in [5.74, 6) is 0.141. The molecule has 0 saturated carbocycles. The number of nitrogens with one attached hydrogen (secondary N) is 2. The molecule has 0 aliphatic carbocycles. The maximum absolute atomic E-state index is 12.5. The number of rotatable bonds is 4. The normalized spacial score (nSPS) is 10.4. The maximum atomic E-state index is 12.5. The molecule has 24 heavy (non-hydrogen) atoms. The topological polar surface area (TPSA) is 50.4 Å². The average Bonchev–Trinajstić information content (AvgIpc) is 2.48. The van der Waals surface area contributed by atoms with Gasteiger partial charge in [-0.25, -0.2) is 0 Å². The second kappa shape index (κ2) is 8.46. The lowest BCUT2D eigenvalue weighted by molar-refractivity contribution is 0.0972. The zero-order chi connectivity index (χ0) is 17.7. The lowest BCUT2D eigenvalue weighted by Gasteiger charge is -2.15. The van der Waals surface area contributed by atoms with Crippen molar-refractivity contribution in [3.63, 3.8) is 0 Å². The van der Waals surface area contributed by atoms with Gasteiger partial charge < -0.3 is 10.1 Å². The first-order valence-electron chi connectivity index (χ1n) is 7.19. The molecule has 0 aliphatic rings. The van der Waals surface area contributed by atoms with E-state index in [-0.39, 0.29) is 17.1 Å². The number of ether oxygens (including phenoxy) is 1. The Morgan fingerprint density at radius 1 is 1.25 bits per heavy atom. The van der Waals surface area contributed by atoms with E-state index in [2.05, 4.69) is 26.6 Å². The summed E-state index contributed by atoms with van der Waals surface area (Å²) >= 11 is 14.5. The van der Waals surface area contributed by atoms with Crippen molar-refractivity contribution in [1.29, 1.82) is 0 Å². The van der Waals surface area contributed by atoms with E-state index >= 15 is 0 Å². The molecule has 2 rings (SSSR count). The van der Waals surface area contributed by atoms with Gasteiger partial charge in [0, 0.05) is 15.2 Å². The van der Waals surface area contributed by atoms with Crippen molar-refractivity contribution < 1.29 is 9.53 Å². The lowest BCUT2D eigenvalue weighted by Crippen LogP contribution is -2.34. The highest BCUT2D eigenvalue weighted by Gasteiger charge is 2.15. The summed E-state index contributed by atoms with van der Waals surface area (Å²) in [6.45, 7) is 3.80. The van der Waals surface area contributed by atoms with Crippen LogP contribution in [0.25, 0.3) is 0 Å². The van der Waals surface area contributed by atoms with Gasteiger partial charge in [-0.3, -0.25) is 10.1 Å². The first-order chi connectivity index (χ1) is 11.3. The van der Waals surface area contributed by atoms with Crippen molar-refractivity contribution in [1.82, 2.24) is 5.32 Å². The molecule has 0 radical (unpaired) electrons. The van der Waals surface area contributed by atoms with Gasteiger partial charge in [0.2, 0.25) is 0 Å². The van der Waals surface area contributed by atoms with Gasteiger partial charge in [0.1, 0.15) is 5.75 Å². The van der Waals surface area contributed by atoms with E-state index in [9.17, 15) is 4.79 Å². The van der Waals surface area contributed by atoms with Crippen LogP contribution in [0.4, 0.5) is 5.69 Å². The average molecular weight is 428 g/mol. The van der Waals surface area contributed by atoms with Gasteiger partial charge in [0.05, 0.1) is 11.7 Å². The molecule has 0 atom stereocenters. The third-order valence-electron chi connectivity index (χ3n) is 2.86. The van der Waals surface area contributed by atoms with Crippen molar-refractivity contribution >= 4 is 56.5 Å². The van der Waals surface area contributed by atoms with Crippen LogP contribution in [0.5, 0.6) is 5.75 Å². The lowest BCUT2D eigenvalue weighted by atomic mass is 10.2. The summed E-state index contributed by atoms with van der Waals surface area (Å²) in [7, 11) is 0. The van der Waals surface area contributed by atoms with Crippen LogP contribution in [0, 0.1) is 0 Å². The fraction of sp³-hybridized carbons (Fsp3) is 0.176. The van der Waals surface area contributed by atoms with Crippen LogP contribution in [-0.4, -0.2) is 17.1 Å². The number of benzene rings is 2. The highest BCUT2D eigenvalue weighted by Crippen LogP contribution is 2.24. The molecule has 1 amide bonds. The van der Waals surface area contributed by atoms with Crippen LogP contribution in [0.3, 0.4) is 0 Å². The van der Waals surface area contributed by atoms with Gasteiger partial charge >= 0.3 is 0 Å². The Bertz CT molecular complexity index is 768. The summed E-state index contributed by atoms with van der Waals surface area (Å²) in [6, 6.07) is 12.3. The summed E-state index contributed by atoms with van der Waals surface area (Å²) in [6.07, 6.45) is -0.0470. The molecular formula is C17H16BrClN2O2S. The molecule has 0 unspecified atom stereocenters. The van der Waals surface area contributed by atoms with Crippen LogP contribution in [-0.2, 0) is 0 Å². The van der Waals surface area contributed by atoms with E-state index in [4.69, 9.17) is 28.6 Å². The zero-order valence-electron chi connectivity index (χ0n) is 13.1. The van der Waals surface area contributed by atoms with Crippen molar-refractivity contribution in [2.75, 3.05) is 5.32 Å². The molecule has 126 valence electrons. The van der Waals surface area contributed by atoms with Gasteiger partial charge in [-0.1, -0.05) is 33.6 Å². The first kappa shape index (κ1) is 18.7. The van der Waals surface area contributed by atoms with Crippen LogP contribution < -0.4 is 15.4 Å². The fourth-order valence-electron chi connectivity index (χ4n) is 1.94. The number of amides is 1. The van der Waals surface area contributed by atoms with Crippen molar-refractivity contribution in [2.24, 2.45) is 0 Å². The molecule has 2 aromatic rings. The van der Waals surface area contributed by atoms with Crippen LogP contribution in [0.15, 0.2) is 46.9 Å². The summed E-state index contributed by atoms with van der Waals surface area (Å²) in [5.41, 5.74) is 1.09. The second-order valence-electron chi connectivity index (χ2n) is 5.23. The minimum atomic E-state index is -0.355. The molecule has 0 aliphatic heterocycles. The number of anilines is 1. The number of carbonyl (C=O) groups excluding carboxylic acids is 1. The molecule has 0 saturated heterocycles. The molecule has 0 spiro atoms. The summed E-state index contributed by atoms with van der Waals surface area (Å²) in [4.78, 5) is 12.5. The predicted molar refractivity (Wildman–Crippen MR) is 105 cm³/mol. The highest BCUT2D eigenvalue weighted by molar-refractivity contribution is 9.10. The Balaban J connectivity index is 2.11. The minimum Gasteiger partial charge on any atom is -0.490 e. The second-order valence-corrected chi connectivity index (χ2v) is 6.99. The largest absolute Gasteiger partial charge is 0.490 e. The van der Waals surface area contributed by atoms with E-state index in [0.29, 0.717) is 22.0 Å². The monoisotopic (exact) mass is 426 g/mol. The van der Waals surface area contributed by atoms with E-state index in [1.165, 1.54) is 0 Å². The minimum absolute atomic E-state index is 0.0470. The first-order valence-corrected chi connectivity index (χ1v) is 8.77. The van der Waals surface area contributed by atoms with Crippen molar-refractivity contribution in [2.45, 2.75) is 20.0 Å². The van der Waals surface area contributed by atoms with Crippen LogP contribution in [0.2, 0.25) is 5.02 Å². The molecule has 2 N–H and O–H groups in total. The molecule has 0 heterocycles. The zero-order valence-corrected chi connectivity index (χ0v) is 16.3. The molecule has 7 heteroatoms. The molecule has 0 fully saturated rings. The Morgan fingerprint density at radius 3 is 2.67 bits per heavy atom. The van der Waals surface area contributed by atoms with Gasteiger partial charge in [-0.2, -0.15) is 0 Å². The Labute approximate surface area is 159 Å². The van der Waals surface area contributed by atoms with Gasteiger partial charge in [0.25, 0.3) is 5.91 Å². The standard InChI is InChI=1S/C17H16BrClN2O2S/c1-10(2)23-15-7-6-11(18)8-14(15)16(22)21-17(24)20-13-5-3-4-12(19)9-13/h3-10H,1-2H3,(H2,20,21,22,24). The Kier molecular flexibility index (Phi) is 6.60. The maximum Gasteiger partial charge on any atom is 0.261 e. The van der Waals surface area contributed by atoms with Crippen LogP contribution >= 0.6 is 39.7 Å². The van der Waals surface area contributed by atoms with Crippen LogP contribution in [0.1, 0.15) is 24.2 Å². The Morgan fingerprint density at radius 2 is 2.00 bits per heavy atom. The van der Waals surface area contributed by atoms with Gasteiger partial charge in [0.15, 0.2) is 5.11 Å². The molecular weight excluding hydrogens is 412 g/mol. The number of thiocarbonyl (C=S) groups is 1. The molecule has 4 nitrogen and oxygen atoms in total. The van der Waals surface area contributed by atoms with Gasteiger partial charge in [-0.05, 0) is 62.5 Å². The molecule has 0 aromatic heterocycles. The number of halogens is 2. The van der Waals surface area contributed by atoms with E-state index in [0.717, 1.165) is 4.47 Å². The molecule has 0 bridgehead atoms. The third kappa shape index (κ3) is 5.47. The fourth-order valence-corrected chi connectivity index (χ4v) is 2.70. The SMILES string of the molecule is CC(C)Oc1ccc(Br)cc1C(=O)NC(=S)Nc1cccc(Cl)c1. The van der Waals surface area contributed by atoms with E-state index < -0.39 is 0 Å². The summed E-state index contributed by atoms with van der Waals surface area (Å²) in [5, 5.41) is 6.32.